The lowest BCUT2D eigenvalue weighted by molar-refractivity contribution is -0.136. The Kier molecular flexibility index (Phi) is 3.67. The Labute approximate surface area is 113 Å². The summed E-state index contributed by atoms with van der Waals surface area (Å²) in [6.45, 7) is 0. The number of hydrogen-bond donors (Lipinski definition) is 1. The number of sulfonamides is 1. The zero-order chi connectivity index (χ0) is 14.8. The highest BCUT2D eigenvalue weighted by Crippen LogP contribution is 2.35. The summed E-state index contributed by atoms with van der Waals surface area (Å²) >= 11 is 0. The van der Waals surface area contributed by atoms with Crippen molar-refractivity contribution in [2.75, 3.05) is 4.72 Å². The summed E-state index contributed by atoms with van der Waals surface area (Å²) in [7, 11) is -4.16. The van der Waals surface area contributed by atoms with Crippen molar-refractivity contribution < 1.29 is 21.6 Å². The number of aromatic nitrogens is 1. The molecule has 0 aliphatic rings. The molecule has 0 atom stereocenters. The van der Waals surface area contributed by atoms with Crippen LogP contribution in [0.1, 0.15) is 5.56 Å². The van der Waals surface area contributed by atoms with Gasteiger partial charge in [-0.15, -0.1) is 0 Å². The second-order valence-corrected chi connectivity index (χ2v) is 5.45. The van der Waals surface area contributed by atoms with Crippen LogP contribution in [0.3, 0.4) is 0 Å². The fourth-order valence-corrected chi connectivity index (χ4v) is 2.55. The van der Waals surface area contributed by atoms with E-state index in [1.54, 1.807) is 0 Å². The topological polar surface area (TPSA) is 59.1 Å². The molecule has 0 aliphatic carbocycles. The molecule has 1 heterocycles. The molecule has 0 amide bonds. The van der Waals surface area contributed by atoms with Gasteiger partial charge < -0.3 is 0 Å². The molecule has 0 saturated carbocycles. The van der Waals surface area contributed by atoms with Gasteiger partial charge in [-0.25, -0.2) is 4.98 Å². The maximum absolute atomic E-state index is 12.8. The first kappa shape index (κ1) is 14.3. The van der Waals surface area contributed by atoms with Crippen molar-refractivity contribution in [3.63, 3.8) is 0 Å². The zero-order valence-corrected chi connectivity index (χ0v) is 10.7. The number of pyridine rings is 1. The second kappa shape index (κ2) is 5.12. The van der Waals surface area contributed by atoms with Crippen LogP contribution in [0.5, 0.6) is 0 Å². The Morgan fingerprint density at radius 2 is 1.65 bits per heavy atom. The Morgan fingerprint density at radius 3 is 2.25 bits per heavy atom. The predicted molar refractivity (Wildman–Crippen MR) is 66.5 cm³/mol. The van der Waals surface area contributed by atoms with Crippen molar-refractivity contribution in [3.8, 4) is 0 Å². The van der Waals surface area contributed by atoms with Crippen molar-refractivity contribution in [1.82, 2.24) is 4.98 Å². The smallest absolute Gasteiger partial charge is 0.278 e. The van der Waals surface area contributed by atoms with E-state index in [4.69, 9.17) is 0 Å². The lowest BCUT2D eigenvalue weighted by Gasteiger charge is -2.14. The van der Waals surface area contributed by atoms with Crippen LogP contribution in [0.4, 0.5) is 18.9 Å². The van der Waals surface area contributed by atoms with Crippen molar-refractivity contribution >= 4 is 15.7 Å². The fourth-order valence-electron chi connectivity index (χ4n) is 1.52. The average Bonchev–Trinajstić information content (AvgIpc) is 2.39. The second-order valence-electron chi connectivity index (χ2n) is 3.82. The molecule has 4 nitrogen and oxygen atoms in total. The van der Waals surface area contributed by atoms with Gasteiger partial charge in [-0.05, 0) is 24.3 Å². The zero-order valence-electron chi connectivity index (χ0n) is 9.92. The van der Waals surface area contributed by atoms with Gasteiger partial charge in [-0.3, -0.25) is 4.72 Å². The van der Waals surface area contributed by atoms with Gasteiger partial charge in [-0.1, -0.05) is 18.2 Å². The minimum Gasteiger partial charge on any atom is -0.278 e. The number of anilines is 1. The summed E-state index contributed by atoms with van der Waals surface area (Å²) in [4.78, 5) is 3.61. The van der Waals surface area contributed by atoms with E-state index in [9.17, 15) is 21.6 Å². The summed E-state index contributed by atoms with van der Waals surface area (Å²) in [6.07, 6.45) is -3.41. The lowest BCUT2D eigenvalue weighted by atomic mass is 10.2. The number of para-hydroxylation sites is 1. The van der Waals surface area contributed by atoms with Crippen LogP contribution in [-0.2, 0) is 16.2 Å². The molecular weight excluding hydrogens is 293 g/mol. The van der Waals surface area contributed by atoms with Gasteiger partial charge in [0, 0.05) is 6.20 Å². The van der Waals surface area contributed by atoms with Crippen LogP contribution in [0, 0.1) is 0 Å². The first-order valence-electron chi connectivity index (χ1n) is 5.41. The van der Waals surface area contributed by atoms with Crippen molar-refractivity contribution in [3.05, 3.63) is 54.2 Å². The van der Waals surface area contributed by atoms with Gasteiger partial charge in [0.2, 0.25) is 0 Å². The van der Waals surface area contributed by atoms with Crippen LogP contribution in [0.2, 0.25) is 0 Å². The van der Waals surface area contributed by atoms with Gasteiger partial charge in [0.25, 0.3) is 10.0 Å². The SMILES string of the molecule is O=S(=O)(Nc1ccccc1C(F)(F)F)c1ccccn1. The van der Waals surface area contributed by atoms with E-state index in [-0.39, 0.29) is 5.03 Å². The molecule has 0 radical (unpaired) electrons. The standard InChI is InChI=1S/C12H9F3N2O2S/c13-12(14,15)9-5-1-2-6-10(9)17-20(18,19)11-7-3-4-8-16-11/h1-8,17H. The van der Waals surface area contributed by atoms with Gasteiger partial charge >= 0.3 is 6.18 Å². The van der Waals surface area contributed by atoms with Gasteiger partial charge in [-0.2, -0.15) is 21.6 Å². The Bertz CT molecular complexity index is 700. The molecule has 0 fully saturated rings. The van der Waals surface area contributed by atoms with E-state index in [1.807, 2.05) is 4.72 Å². The highest BCUT2D eigenvalue weighted by molar-refractivity contribution is 7.92. The molecule has 0 saturated heterocycles. The van der Waals surface area contributed by atoms with E-state index in [1.165, 1.54) is 36.5 Å². The lowest BCUT2D eigenvalue weighted by Crippen LogP contribution is -2.18. The summed E-state index contributed by atoms with van der Waals surface area (Å²) in [5.74, 6) is 0. The monoisotopic (exact) mass is 302 g/mol. The normalized spacial score (nSPS) is 12.2. The number of nitrogens with one attached hydrogen (secondary N) is 1. The fraction of sp³-hybridized carbons (Fsp3) is 0.0833. The number of hydrogen-bond acceptors (Lipinski definition) is 3. The Balaban J connectivity index is 2.41. The molecule has 8 heteroatoms. The van der Waals surface area contributed by atoms with Gasteiger partial charge in [0.15, 0.2) is 5.03 Å². The molecular formula is C12H9F3N2O2S. The molecule has 1 aromatic carbocycles. The summed E-state index contributed by atoms with van der Waals surface area (Å²) in [6, 6.07) is 8.46. The largest absolute Gasteiger partial charge is 0.418 e. The maximum atomic E-state index is 12.8. The molecule has 0 bridgehead atoms. The van der Waals surface area contributed by atoms with E-state index in [0.717, 1.165) is 12.1 Å². The molecule has 0 spiro atoms. The van der Waals surface area contributed by atoms with E-state index < -0.39 is 27.5 Å². The highest BCUT2D eigenvalue weighted by atomic mass is 32.2. The van der Waals surface area contributed by atoms with E-state index >= 15 is 0 Å². The maximum Gasteiger partial charge on any atom is 0.418 e. The number of alkyl halides is 3. The van der Waals surface area contributed by atoms with Gasteiger partial charge in [0.1, 0.15) is 0 Å². The minimum absolute atomic E-state index is 0.350. The average molecular weight is 302 g/mol. The van der Waals surface area contributed by atoms with Crippen molar-refractivity contribution in [2.24, 2.45) is 0 Å². The summed E-state index contributed by atoms with van der Waals surface area (Å²) in [5.41, 5.74) is -1.59. The van der Waals surface area contributed by atoms with Gasteiger partial charge in [0.05, 0.1) is 11.3 Å². The van der Waals surface area contributed by atoms with Crippen LogP contribution in [0.25, 0.3) is 0 Å². The minimum atomic E-state index is -4.65. The molecule has 20 heavy (non-hydrogen) atoms. The Morgan fingerprint density at radius 1 is 1.00 bits per heavy atom. The molecule has 2 aromatic rings. The van der Waals surface area contributed by atoms with Crippen LogP contribution >= 0.6 is 0 Å². The molecule has 1 aromatic heterocycles. The number of benzene rings is 1. The molecule has 0 aliphatic heterocycles. The first-order chi connectivity index (χ1) is 9.31. The third kappa shape index (κ3) is 3.08. The van der Waals surface area contributed by atoms with Crippen molar-refractivity contribution in [1.29, 1.82) is 0 Å². The van der Waals surface area contributed by atoms with E-state index in [2.05, 4.69) is 4.98 Å². The Hall–Kier alpha value is -2.09. The molecule has 106 valence electrons. The predicted octanol–water partition coefficient (Wildman–Crippen LogP) is 2.90. The van der Waals surface area contributed by atoms with Crippen molar-refractivity contribution in [2.45, 2.75) is 11.2 Å². The van der Waals surface area contributed by atoms with Crippen LogP contribution < -0.4 is 4.72 Å². The summed E-state index contributed by atoms with van der Waals surface area (Å²) < 4.78 is 64.1. The van der Waals surface area contributed by atoms with Crippen LogP contribution in [-0.4, -0.2) is 13.4 Å². The third-order valence-corrected chi connectivity index (χ3v) is 3.67. The van der Waals surface area contributed by atoms with Crippen LogP contribution in [0.15, 0.2) is 53.7 Å². The number of halogens is 3. The quantitative estimate of drug-likeness (QED) is 0.948. The first-order valence-corrected chi connectivity index (χ1v) is 6.89. The molecule has 1 N–H and O–H groups in total. The summed E-state index contributed by atoms with van der Waals surface area (Å²) in [5, 5.41) is -0.350. The van der Waals surface area contributed by atoms with E-state index in [0.29, 0.717) is 0 Å². The molecule has 0 unspecified atom stereocenters. The third-order valence-electron chi connectivity index (χ3n) is 2.39. The molecule has 2 rings (SSSR count). The number of nitrogens with zero attached hydrogens (tertiary/aromatic N) is 1. The highest BCUT2D eigenvalue weighted by Gasteiger charge is 2.34. The number of rotatable bonds is 3.